The Morgan fingerprint density at radius 3 is 2.53 bits per heavy atom. The number of aromatic nitrogens is 1. The Labute approximate surface area is 104 Å². The molecule has 0 amide bonds. The van der Waals surface area contributed by atoms with Crippen LogP contribution in [-0.4, -0.2) is 28.4 Å². The van der Waals surface area contributed by atoms with Crippen LogP contribution in [0.2, 0.25) is 0 Å². The Kier molecular flexibility index (Phi) is 5.09. The second-order valence-corrected chi connectivity index (χ2v) is 5.29. The fraction of sp³-hybridized carbons (Fsp3) is 0.643. The monoisotopic (exact) mass is 237 g/mol. The Morgan fingerprint density at radius 2 is 2.06 bits per heavy atom. The molecule has 0 saturated carbocycles. The van der Waals surface area contributed by atoms with E-state index >= 15 is 0 Å². The standard InChI is InChI=1S/C14H23NO2/c1-5-11-6-7-12(15-9-11)8-13(16)10-17-14(2,3)4/h6-7,9,13,16H,5,8,10H2,1-4H3. The number of rotatable bonds is 5. The summed E-state index contributed by atoms with van der Waals surface area (Å²) in [4.78, 5) is 4.32. The van der Waals surface area contributed by atoms with Crippen LogP contribution < -0.4 is 0 Å². The zero-order valence-electron chi connectivity index (χ0n) is 11.2. The second kappa shape index (κ2) is 6.12. The zero-order chi connectivity index (χ0) is 12.9. The van der Waals surface area contributed by atoms with Gasteiger partial charge in [-0.2, -0.15) is 0 Å². The number of nitrogens with zero attached hydrogens (tertiary/aromatic N) is 1. The van der Waals surface area contributed by atoms with Crippen molar-refractivity contribution in [3.63, 3.8) is 0 Å². The first kappa shape index (κ1) is 14.1. The van der Waals surface area contributed by atoms with Crippen LogP contribution in [0.5, 0.6) is 0 Å². The van der Waals surface area contributed by atoms with Crippen LogP contribution in [0.1, 0.15) is 39.0 Å². The van der Waals surface area contributed by atoms with E-state index in [1.54, 1.807) is 0 Å². The molecule has 17 heavy (non-hydrogen) atoms. The number of hydrogen-bond acceptors (Lipinski definition) is 3. The molecule has 0 radical (unpaired) electrons. The molecule has 3 nitrogen and oxygen atoms in total. The molecule has 1 heterocycles. The number of aliphatic hydroxyl groups excluding tert-OH is 1. The van der Waals surface area contributed by atoms with Crippen LogP contribution >= 0.6 is 0 Å². The van der Waals surface area contributed by atoms with E-state index in [4.69, 9.17) is 4.74 Å². The summed E-state index contributed by atoms with van der Waals surface area (Å²) in [5, 5.41) is 9.83. The molecular weight excluding hydrogens is 214 g/mol. The minimum atomic E-state index is -0.491. The fourth-order valence-corrected chi connectivity index (χ4v) is 1.43. The van der Waals surface area contributed by atoms with E-state index in [1.165, 1.54) is 5.56 Å². The molecule has 0 bridgehead atoms. The van der Waals surface area contributed by atoms with Crippen molar-refractivity contribution in [2.45, 2.75) is 52.2 Å². The van der Waals surface area contributed by atoms with Gasteiger partial charge in [0.2, 0.25) is 0 Å². The van der Waals surface area contributed by atoms with Gasteiger partial charge < -0.3 is 9.84 Å². The highest BCUT2D eigenvalue weighted by Gasteiger charge is 2.14. The average molecular weight is 237 g/mol. The predicted molar refractivity (Wildman–Crippen MR) is 69.0 cm³/mol. The topological polar surface area (TPSA) is 42.4 Å². The molecule has 3 heteroatoms. The SMILES string of the molecule is CCc1ccc(CC(O)COC(C)(C)C)nc1. The van der Waals surface area contributed by atoms with Gasteiger partial charge in [0.05, 0.1) is 18.3 Å². The fourth-order valence-electron chi connectivity index (χ4n) is 1.43. The summed E-state index contributed by atoms with van der Waals surface area (Å²) in [6.45, 7) is 8.39. The van der Waals surface area contributed by atoms with Crippen molar-refractivity contribution < 1.29 is 9.84 Å². The largest absolute Gasteiger partial charge is 0.390 e. The minimum Gasteiger partial charge on any atom is -0.390 e. The summed E-state index contributed by atoms with van der Waals surface area (Å²) < 4.78 is 5.53. The van der Waals surface area contributed by atoms with Gasteiger partial charge in [0, 0.05) is 18.3 Å². The van der Waals surface area contributed by atoms with Crippen LogP contribution in [0, 0.1) is 0 Å². The van der Waals surface area contributed by atoms with E-state index in [0.29, 0.717) is 13.0 Å². The van der Waals surface area contributed by atoms with Crippen LogP contribution in [0.4, 0.5) is 0 Å². The van der Waals surface area contributed by atoms with E-state index < -0.39 is 6.10 Å². The Morgan fingerprint density at radius 1 is 1.35 bits per heavy atom. The van der Waals surface area contributed by atoms with E-state index in [0.717, 1.165) is 12.1 Å². The molecule has 1 rings (SSSR count). The molecule has 0 aliphatic rings. The quantitative estimate of drug-likeness (QED) is 0.855. The van der Waals surface area contributed by atoms with Crippen LogP contribution in [0.15, 0.2) is 18.3 Å². The van der Waals surface area contributed by atoms with E-state index in [1.807, 2.05) is 33.0 Å². The number of hydrogen-bond donors (Lipinski definition) is 1. The highest BCUT2D eigenvalue weighted by molar-refractivity contribution is 5.14. The van der Waals surface area contributed by atoms with Crippen molar-refractivity contribution >= 4 is 0 Å². The maximum Gasteiger partial charge on any atom is 0.0829 e. The molecular formula is C14H23NO2. The molecule has 0 spiro atoms. The van der Waals surface area contributed by atoms with Gasteiger partial charge >= 0.3 is 0 Å². The summed E-state index contributed by atoms with van der Waals surface area (Å²) >= 11 is 0. The van der Waals surface area contributed by atoms with Gasteiger partial charge in [-0.3, -0.25) is 4.98 Å². The third-order valence-corrected chi connectivity index (χ3v) is 2.45. The molecule has 1 unspecified atom stereocenters. The van der Waals surface area contributed by atoms with Crippen molar-refractivity contribution in [2.24, 2.45) is 0 Å². The second-order valence-electron chi connectivity index (χ2n) is 5.29. The molecule has 0 saturated heterocycles. The lowest BCUT2D eigenvalue weighted by Crippen LogP contribution is -2.27. The first-order valence-electron chi connectivity index (χ1n) is 6.16. The minimum absolute atomic E-state index is 0.208. The molecule has 1 aromatic rings. The van der Waals surface area contributed by atoms with Crippen LogP contribution in [-0.2, 0) is 17.6 Å². The normalized spacial score (nSPS) is 13.7. The molecule has 1 atom stereocenters. The lowest BCUT2D eigenvalue weighted by Gasteiger charge is -2.21. The summed E-state index contributed by atoms with van der Waals surface area (Å²) in [6.07, 6.45) is 2.91. The van der Waals surface area contributed by atoms with Crippen LogP contribution in [0.3, 0.4) is 0 Å². The number of aliphatic hydroxyl groups is 1. The Hall–Kier alpha value is -0.930. The molecule has 1 aromatic heterocycles. The molecule has 0 fully saturated rings. The third-order valence-electron chi connectivity index (χ3n) is 2.45. The van der Waals surface area contributed by atoms with Crippen molar-refractivity contribution in [3.8, 4) is 0 Å². The maximum atomic E-state index is 9.83. The molecule has 0 aliphatic heterocycles. The van der Waals surface area contributed by atoms with Crippen molar-refractivity contribution in [2.75, 3.05) is 6.61 Å². The summed E-state index contributed by atoms with van der Waals surface area (Å²) in [5.41, 5.74) is 1.92. The van der Waals surface area contributed by atoms with Gasteiger partial charge in [-0.25, -0.2) is 0 Å². The van der Waals surface area contributed by atoms with Gasteiger partial charge in [0.25, 0.3) is 0 Å². The van der Waals surface area contributed by atoms with E-state index in [-0.39, 0.29) is 5.60 Å². The number of ether oxygens (including phenoxy) is 1. The third kappa shape index (κ3) is 5.80. The Balaban J connectivity index is 2.42. The molecule has 96 valence electrons. The molecule has 0 aromatic carbocycles. The highest BCUT2D eigenvalue weighted by Crippen LogP contribution is 2.09. The van der Waals surface area contributed by atoms with Gasteiger partial charge in [-0.1, -0.05) is 13.0 Å². The smallest absolute Gasteiger partial charge is 0.0829 e. The molecule has 0 aliphatic carbocycles. The first-order valence-corrected chi connectivity index (χ1v) is 6.16. The number of aryl methyl sites for hydroxylation is 1. The van der Waals surface area contributed by atoms with Gasteiger partial charge in [-0.15, -0.1) is 0 Å². The highest BCUT2D eigenvalue weighted by atomic mass is 16.5. The summed E-state index contributed by atoms with van der Waals surface area (Å²) in [6, 6.07) is 4.03. The lowest BCUT2D eigenvalue weighted by atomic mass is 10.1. The average Bonchev–Trinajstić information content (AvgIpc) is 2.27. The summed E-state index contributed by atoms with van der Waals surface area (Å²) in [5.74, 6) is 0. The Bertz CT molecular complexity index is 327. The van der Waals surface area contributed by atoms with Gasteiger partial charge in [-0.05, 0) is 38.8 Å². The summed E-state index contributed by atoms with van der Waals surface area (Å²) in [7, 11) is 0. The van der Waals surface area contributed by atoms with Crippen molar-refractivity contribution in [3.05, 3.63) is 29.6 Å². The maximum absolute atomic E-state index is 9.83. The van der Waals surface area contributed by atoms with Gasteiger partial charge in [0.1, 0.15) is 0 Å². The lowest BCUT2D eigenvalue weighted by molar-refractivity contribution is -0.0484. The van der Waals surface area contributed by atoms with Gasteiger partial charge in [0.15, 0.2) is 0 Å². The van der Waals surface area contributed by atoms with Crippen molar-refractivity contribution in [1.29, 1.82) is 0 Å². The van der Waals surface area contributed by atoms with E-state index in [9.17, 15) is 5.11 Å². The van der Waals surface area contributed by atoms with Crippen molar-refractivity contribution in [1.82, 2.24) is 4.98 Å². The first-order chi connectivity index (χ1) is 7.90. The predicted octanol–water partition coefficient (Wildman–Crippen LogP) is 2.36. The van der Waals surface area contributed by atoms with E-state index in [2.05, 4.69) is 18.0 Å². The molecule has 1 N–H and O–H groups in total. The zero-order valence-corrected chi connectivity index (χ0v) is 11.2. The number of pyridine rings is 1. The van der Waals surface area contributed by atoms with Crippen LogP contribution in [0.25, 0.3) is 0 Å².